The molecule has 190 valence electrons. The Balaban J connectivity index is 2.00. The molecule has 0 unspecified atom stereocenters. The molecule has 1 amide bonds. The van der Waals surface area contributed by atoms with E-state index in [2.05, 4.69) is 11.1 Å². The Hall–Kier alpha value is -4.29. The minimum absolute atomic E-state index is 0.0577. The van der Waals surface area contributed by atoms with E-state index in [1.807, 2.05) is 33.8 Å². The van der Waals surface area contributed by atoms with Crippen LogP contribution in [0.3, 0.4) is 0 Å². The first kappa shape index (κ1) is 25.8. The van der Waals surface area contributed by atoms with Gasteiger partial charge < -0.3 is 14.0 Å². The van der Waals surface area contributed by atoms with Crippen molar-refractivity contribution < 1.29 is 14.3 Å². The molecule has 0 aliphatic heterocycles. The van der Waals surface area contributed by atoms with E-state index < -0.39 is 5.91 Å². The monoisotopic (exact) mass is 499 g/mol. The van der Waals surface area contributed by atoms with E-state index in [1.165, 1.54) is 10.5 Å². The smallest absolute Gasteiger partial charge is 0.282 e. The summed E-state index contributed by atoms with van der Waals surface area (Å²) in [4.78, 5) is 35.9. The molecule has 0 spiro atoms. The Bertz CT molecular complexity index is 1640. The summed E-state index contributed by atoms with van der Waals surface area (Å²) in [5.41, 5.74) is 1.90. The molecule has 3 aromatic heterocycles. The number of hydrogen-bond acceptors (Lipinski definition) is 6. The van der Waals surface area contributed by atoms with Gasteiger partial charge in [-0.2, -0.15) is 10.3 Å². The van der Waals surface area contributed by atoms with Crippen molar-refractivity contribution in [3.63, 3.8) is 0 Å². The van der Waals surface area contributed by atoms with Crippen LogP contribution < -0.4 is 15.8 Å². The third-order valence-corrected chi connectivity index (χ3v) is 5.83. The van der Waals surface area contributed by atoms with Gasteiger partial charge >= 0.3 is 0 Å². The number of ether oxygens (including phenoxy) is 2. The predicted molar refractivity (Wildman–Crippen MR) is 140 cm³/mol. The van der Waals surface area contributed by atoms with Crippen molar-refractivity contribution in [3.05, 3.63) is 81.2 Å². The molecule has 9 nitrogen and oxygen atoms in total. The molecule has 0 aliphatic carbocycles. The molecule has 0 radical (unpaired) electrons. The van der Waals surface area contributed by atoms with Crippen molar-refractivity contribution in [3.8, 4) is 11.8 Å². The van der Waals surface area contributed by atoms with Gasteiger partial charge in [0.15, 0.2) is 5.49 Å². The molecule has 37 heavy (non-hydrogen) atoms. The number of nitrogens with zero attached hydrogens (tertiary/aromatic N) is 5. The molecule has 4 rings (SSSR count). The Kier molecular flexibility index (Phi) is 7.80. The fourth-order valence-electron chi connectivity index (χ4n) is 4.12. The van der Waals surface area contributed by atoms with Gasteiger partial charge in [-0.1, -0.05) is 18.2 Å². The summed E-state index contributed by atoms with van der Waals surface area (Å²) in [5, 5.41) is 10.3. The number of fused-ring (bicyclic) bond motifs is 2. The Morgan fingerprint density at radius 2 is 1.97 bits per heavy atom. The van der Waals surface area contributed by atoms with E-state index in [1.54, 1.807) is 41.1 Å². The van der Waals surface area contributed by atoms with Crippen LogP contribution in [0.1, 0.15) is 48.7 Å². The zero-order valence-electron chi connectivity index (χ0n) is 21.4. The molecule has 0 bridgehead atoms. The van der Waals surface area contributed by atoms with Crippen molar-refractivity contribution in [2.75, 3.05) is 13.2 Å². The maximum atomic E-state index is 13.4. The molecule has 4 aromatic rings. The quantitative estimate of drug-likeness (QED) is 0.269. The molecule has 0 atom stereocenters. The molecule has 1 aromatic carbocycles. The van der Waals surface area contributed by atoms with Crippen LogP contribution in [0.15, 0.2) is 58.4 Å². The maximum absolute atomic E-state index is 13.4. The Morgan fingerprint density at radius 1 is 1.19 bits per heavy atom. The van der Waals surface area contributed by atoms with Crippen LogP contribution in [0, 0.1) is 18.3 Å². The minimum Gasteiger partial charge on any atom is -0.493 e. The highest BCUT2D eigenvalue weighted by Gasteiger charge is 2.17. The van der Waals surface area contributed by atoms with Gasteiger partial charge in [0.1, 0.15) is 23.1 Å². The van der Waals surface area contributed by atoms with Crippen LogP contribution >= 0.6 is 0 Å². The highest BCUT2D eigenvalue weighted by Crippen LogP contribution is 2.19. The number of aryl methyl sites for hydroxylation is 2. The number of carbonyl (C=O) groups excluding carboxylic acids is 1. The molecule has 0 fully saturated rings. The van der Waals surface area contributed by atoms with E-state index in [-0.39, 0.29) is 33.7 Å². The lowest BCUT2D eigenvalue weighted by atomic mass is 10.2. The second-order valence-electron chi connectivity index (χ2n) is 8.80. The molecular weight excluding hydrogens is 470 g/mol. The van der Waals surface area contributed by atoms with Crippen LogP contribution in [0.5, 0.6) is 5.75 Å². The van der Waals surface area contributed by atoms with Gasteiger partial charge in [-0.15, -0.1) is 0 Å². The summed E-state index contributed by atoms with van der Waals surface area (Å²) in [6.45, 7) is 8.79. The second-order valence-corrected chi connectivity index (χ2v) is 8.80. The maximum Gasteiger partial charge on any atom is 0.282 e. The highest BCUT2D eigenvalue weighted by atomic mass is 16.5. The first-order chi connectivity index (χ1) is 17.8. The lowest BCUT2D eigenvalue weighted by molar-refractivity contribution is 0.0748. The van der Waals surface area contributed by atoms with E-state index in [4.69, 9.17) is 14.5 Å². The predicted octanol–water partition coefficient (Wildman–Crippen LogP) is 3.78. The number of para-hydroxylation sites is 1. The number of rotatable bonds is 8. The molecule has 0 aliphatic rings. The topological polar surface area (TPSA) is 111 Å². The summed E-state index contributed by atoms with van der Waals surface area (Å²) < 4.78 is 14.4. The number of pyridine rings is 2. The summed E-state index contributed by atoms with van der Waals surface area (Å²) in [6, 6.07) is 14.1. The molecule has 0 saturated carbocycles. The molecular formula is C28H29N5O4. The van der Waals surface area contributed by atoms with Gasteiger partial charge in [-0.25, -0.2) is 4.98 Å². The van der Waals surface area contributed by atoms with Gasteiger partial charge in [-0.05, 0) is 63.9 Å². The fourth-order valence-corrected chi connectivity index (χ4v) is 4.12. The Morgan fingerprint density at radius 3 is 2.70 bits per heavy atom. The van der Waals surface area contributed by atoms with Gasteiger partial charge in [-0.3, -0.25) is 14.0 Å². The van der Waals surface area contributed by atoms with Crippen LogP contribution in [-0.2, 0) is 11.3 Å². The average Bonchev–Trinajstić information content (AvgIpc) is 2.88. The van der Waals surface area contributed by atoms with E-state index in [0.29, 0.717) is 43.2 Å². The number of carbonyl (C=O) groups is 1. The van der Waals surface area contributed by atoms with Crippen molar-refractivity contribution in [1.29, 1.82) is 5.26 Å². The van der Waals surface area contributed by atoms with Gasteiger partial charge in [0.25, 0.3) is 11.5 Å². The summed E-state index contributed by atoms with van der Waals surface area (Å²) in [7, 11) is 0. The Labute approximate surface area is 214 Å². The third-order valence-electron chi connectivity index (χ3n) is 5.83. The average molecular weight is 500 g/mol. The van der Waals surface area contributed by atoms with E-state index in [9.17, 15) is 14.9 Å². The van der Waals surface area contributed by atoms with Gasteiger partial charge in [0.2, 0.25) is 0 Å². The number of nitriles is 1. The second kappa shape index (κ2) is 11.2. The summed E-state index contributed by atoms with van der Waals surface area (Å²) in [6.07, 6.45) is 2.27. The standard InChI is InChI=1S/C28H29N5O4/c1-5-36-23-12-7-6-11-21(23)27(34)31-25-20(17-29)16-22-26(32(25)14-9-15-37-18(2)3)30-24-19(4)10-8-13-33(24)28(22)35/h6-8,10-13,16,18H,5,9,14-15H2,1-4H3. The van der Waals surface area contributed by atoms with Crippen molar-refractivity contribution in [1.82, 2.24) is 14.0 Å². The van der Waals surface area contributed by atoms with Crippen molar-refractivity contribution in [2.24, 2.45) is 4.99 Å². The first-order valence-corrected chi connectivity index (χ1v) is 12.2. The first-order valence-electron chi connectivity index (χ1n) is 12.2. The SMILES string of the molecule is CCOc1ccccc1C(=O)N=c1c(C#N)cc2c(=O)n3cccc(C)c3nc2n1CCCOC(C)C. The minimum atomic E-state index is -0.555. The fraction of sp³-hybridized carbons (Fsp3) is 0.321. The normalized spacial score (nSPS) is 11.8. The lowest BCUT2D eigenvalue weighted by Crippen LogP contribution is -2.30. The molecule has 9 heteroatoms. The molecule has 0 N–H and O–H groups in total. The lowest BCUT2D eigenvalue weighted by Gasteiger charge is -2.15. The molecule has 0 saturated heterocycles. The van der Waals surface area contributed by atoms with Crippen LogP contribution in [0.2, 0.25) is 0 Å². The van der Waals surface area contributed by atoms with Crippen molar-refractivity contribution >= 4 is 22.6 Å². The van der Waals surface area contributed by atoms with Gasteiger partial charge in [0.05, 0.1) is 29.2 Å². The number of aromatic nitrogens is 3. The third kappa shape index (κ3) is 5.29. The zero-order valence-corrected chi connectivity index (χ0v) is 21.4. The number of hydrogen-bond donors (Lipinski definition) is 0. The van der Waals surface area contributed by atoms with Crippen LogP contribution in [0.4, 0.5) is 0 Å². The number of amides is 1. The van der Waals surface area contributed by atoms with E-state index >= 15 is 0 Å². The zero-order chi connectivity index (χ0) is 26.5. The molecule has 3 heterocycles. The largest absolute Gasteiger partial charge is 0.493 e. The summed E-state index contributed by atoms with van der Waals surface area (Å²) >= 11 is 0. The summed E-state index contributed by atoms with van der Waals surface area (Å²) in [5.74, 6) is -0.145. The van der Waals surface area contributed by atoms with Gasteiger partial charge in [0, 0.05) is 19.3 Å². The van der Waals surface area contributed by atoms with Crippen LogP contribution in [0.25, 0.3) is 16.7 Å². The van der Waals surface area contributed by atoms with Crippen LogP contribution in [-0.4, -0.2) is 39.2 Å². The number of benzene rings is 1. The van der Waals surface area contributed by atoms with E-state index in [0.717, 1.165) is 5.56 Å². The van der Waals surface area contributed by atoms with Crippen molar-refractivity contribution in [2.45, 2.75) is 46.8 Å². The highest BCUT2D eigenvalue weighted by molar-refractivity contribution is 5.97.